The molecule has 2 unspecified atom stereocenters. The molecule has 150 valence electrons. The van der Waals surface area contributed by atoms with E-state index in [1.165, 1.54) is 46.7 Å². The van der Waals surface area contributed by atoms with Crippen LogP contribution in [0.2, 0.25) is 0 Å². The van der Waals surface area contributed by atoms with E-state index in [0.29, 0.717) is 11.3 Å². The number of β-lactam (4-membered cyclic amide) rings is 1. The van der Waals surface area contributed by atoms with E-state index in [-0.39, 0.29) is 18.2 Å². The van der Waals surface area contributed by atoms with Gasteiger partial charge < -0.3 is 15.2 Å². The Kier molecular flexibility index (Phi) is 6.36. The quantitative estimate of drug-likeness (QED) is 0.482. The number of fused-ring (bicyclic) bond motifs is 1. The Bertz CT molecular complexity index is 838. The Morgan fingerprint density at radius 2 is 2.21 bits per heavy atom. The fraction of sp³-hybridized carbons (Fsp3) is 0.412. The monoisotopic (exact) mass is 442 g/mol. The zero-order valence-corrected chi connectivity index (χ0v) is 17.5. The van der Waals surface area contributed by atoms with Gasteiger partial charge in [0.1, 0.15) is 29.0 Å². The summed E-state index contributed by atoms with van der Waals surface area (Å²) in [7, 11) is 0. The highest BCUT2D eigenvalue weighted by Gasteiger charge is 2.54. The average Bonchev–Trinajstić information content (AvgIpc) is 3.18. The van der Waals surface area contributed by atoms with Crippen LogP contribution in [0.25, 0.3) is 0 Å². The molecule has 1 aromatic rings. The number of hydrogen-bond donors (Lipinski definition) is 2. The van der Waals surface area contributed by atoms with Gasteiger partial charge in [0.15, 0.2) is 0 Å². The molecule has 8 nitrogen and oxygen atoms in total. The van der Waals surface area contributed by atoms with Crippen molar-refractivity contribution in [2.24, 2.45) is 0 Å². The number of amides is 2. The molecular formula is C17H18N2O6S3. The van der Waals surface area contributed by atoms with Gasteiger partial charge in [-0.15, -0.1) is 34.9 Å². The molecule has 1 saturated heterocycles. The van der Waals surface area contributed by atoms with E-state index in [9.17, 15) is 24.3 Å². The first-order valence-corrected chi connectivity index (χ1v) is 11.5. The summed E-state index contributed by atoms with van der Waals surface area (Å²) >= 11 is 4.17. The van der Waals surface area contributed by atoms with Crippen LogP contribution < -0.4 is 5.32 Å². The van der Waals surface area contributed by atoms with Gasteiger partial charge in [-0.1, -0.05) is 6.07 Å². The first kappa shape index (κ1) is 20.7. The molecule has 3 heterocycles. The maximum absolute atomic E-state index is 12.7. The van der Waals surface area contributed by atoms with Crippen LogP contribution >= 0.6 is 34.9 Å². The summed E-state index contributed by atoms with van der Waals surface area (Å²) in [6.07, 6.45) is 1.82. The molecule has 0 spiro atoms. The van der Waals surface area contributed by atoms with Crippen molar-refractivity contribution in [2.75, 3.05) is 18.6 Å². The largest absolute Gasteiger partial charge is 0.477 e. The molecule has 2 amide bonds. The minimum Gasteiger partial charge on any atom is -0.477 e. The lowest BCUT2D eigenvalue weighted by Crippen LogP contribution is -2.70. The molecule has 2 aliphatic rings. The Hall–Kier alpha value is -1.98. The fourth-order valence-corrected chi connectivity index (χ4v) is 6.08. The van der Waals surface area contributed by atoms with Crippen molar-refractivity contribution < 1.29 is 29.0 Å². The Labute approximate surface area is 173 Å². The molecule has 1 aromatic heterocycles. The lowest BCUT2D eigenvalue weighted by molar-refractivity contribution is -0.151. The summed E-state index contributed by atoms with van der Waals surface area (Å²) in [6, 6.07) is 2.94. The van der Waals surface area contributed by atoms with E-state index in [1.54, 1.807) is 0 Å². The number of esters is 1. The second-order valence-corrected chi connectivity index (χ2v) is 9.09. The summed E-state index contributed by atoms with van der Waals surface area (Å²) in [5, 5.41) is 13.3. The van der Waals surface area contributed by atoms with Crippen LogP contribution in [0.4, 0.5) is 0 Å². The SMILES string of the molecule is CSC(C(=O)NC1C(=O)N2C(C(=O)O)=C(COC(C)=O)CS[C@@H]12)c1cccs1. The molecule has 0 aliphatic carbocycles. The Balaban J connectivity index is 1.74. The summed E-state index contributed by atoms with van der Waals surface area (Å²) in [6.45, 7) is 1.06. The van der Waals surface area contributed by atoms with Gasteiger partial charge in [-0.05, 0) is 17.7 Å². The van der Waals surface area contributed by atoms with E-state index in [1.807, 2.05) is 23.8 Å². The van der Waals surface area contributed by atoms with E-state index < -0.39 is 34.5 Å². The number of carboxylic acid groups (broad SMARTS) is 1. The lowest BCUT2D eigenvalue weighted by Gasteiger charge is -2.49. The summed E-state index contributed by atoms with van der Waals surface area (Å²) < 4.78 is 4.90. The van der Waals surface area contributed by atoms with Crippen LogP contribution in [0.15, 0.2) is 28.8 Å². The number of nitrogens with one attached hydrogen (secondary N) is 1. The number of aliphatic carboxylic acids is 1. The smallest absolute Gasteiger partial charge is 0.352 e. The van der Waals surface area contributed by atoms with E-state index >= 15 is 0 Å². The second-order valence-electron chi connectivity index (χ2n) is 6.06. The molecule has 0 aromatic carbocycles. The van der Waals surface area contributed by atoms with Gasteiger partial charge in [0.25, 0.3) is 5.91 Å². The molecule has 3 rings (SSSR count). The maximum atomic E-state index is 12.7. The molecule has 0 saturated carbocycles. The molecule has 3 atom stereocenters. The first-order chi connectivity index (χ1) is 13.3. The number of hydrogen-bond acceptors (Lipinski definition) is 8. The zero-order valence-electron chi connectivity index (χ0n) is 15.0. The van der Waals surface area contributed by atoms with Gasteiger partial charge >= 0.3 is 11.9 Å². The van der Waals surface area contributed by atoms with Gasteiger partial charge in [-0.3, -0.25) is 19.3 Å². The van der Waals surface area contributed by atoms with Crippen LogP contribution in [0, 0.1) is 0 Å². The number of rotatable bonds is 7. The number of thioether (sulfide) groups is 2. The highest BCUT2D eigenvalue weighted by atomic mass is 32.2. The second kappa shape index (κ2) is 8.58. The summed E-state index contributed by atoms with van der Waals surface area (Å²) in [5.74, 6) is -2.24. The van der Waals surface area contributed by atoms with Gasteiger partial charge in [-0.25, -0.2) is 4.79 Å². The molecule has 1 fully saturated rings. The molecule has 28 heavy (non-hydrogen) atoms. The summed E-state index contributed by atoms with van der Waals surface area (Å²) in [5.41, 5.74) is 0.197. The third-order valence-electron chi connectivity index (χ3n) is 4.27. The van der Waals surface area contributed by atoms with Crippen molar-refractivity contribution in [1.82, 2.24) is 10.2 Å². The van der Waals surface area contributed by atoms with E-state index in [0.717, 1.165) is 4.88 Å². The molecule has 2 aliphatic heterocycles. The van der Waals surface area contributed by atoms with Gasteiger partial charge in [0, 0.05) is 23.1 Å². The Morgan fingerprint density at radius 1 is 1.46 bits per heavy atom. The third-order valence-corrected chi connectivity index (χ3v) is 7.64. The third kappa shape index (κ3) is 3.91. The van der Waals surface area contributed by atoms with Crippen molar-refractivity contribution >= 4 is 58.6 Å². The van der Waals surface area contributed by atoms with Crippen LogP contribution in [-0.2, 0) is 23.9 Å². The van der Waals surface area contributed by atoms with Crippen molar-refractivity contribution in [3.8, 4) is 0 Å². The van der Waals surface area contributed by atoms with Crippen molar-refractivity contribution in [2.45, 2.75) is 23.6 Å². The van der Waals surface area contributed by atoms with Crippen LogP contribution in [0.5, 0.6) is 0 Å². The number of carboxylic acids is 1. The highest BCUT2D eigenvalue weighted by Crippen LogP contribution is 2.41. The number of ether oxygens (including phenoxy) is 1. The maximum Gasteiger partial charge on any atom is 0.352 e. The van der Waals surface area contributed by atoms with Crippen LogP contribution in [0.3, 0.4) is 0 Å². The minimum atomic E-state index is -1.26. The van der Waals surface area contributed by atoms with E-state index in [4.69, 9.17) is 4.74 Å². The topological polar surface area (TPSA) is 113 Å². The first-order valence-electron chi connectivity index (χ1n) is 8.25. The Morgan fingerprint density at radius 3 is 2.79 bits per heavy atom. The summed E-state index contributed by atoms with van der Waals surface area (Å²) in [4.78, 5) is 50.0. The predicted molar refractivity (Wildman–Crippen MR) is 107 cm³/mol. The fourth-order valence-electron chi connectivity index (χ4n) is 3.00. The number of nitrogens with zero attached hydrogens (tertiary/aromatic N) is 1. The molecule has 11 heteroatoms. The van der Waals surface area contributed by atoms with Crippen molar-refractivity contribution in [3.05, 3.63) is 33.7 Å². The minimum absolute atomic E-state index is 0.167. The normalized spacial score (nSPS) is 22.2. The lowest BCUT2D eigenvalue weighted by atomic mass is 10.0. The van der Waals surface area contributed by atoms with Crippen molar-refractivity contribution in [3.63, 3.8) is 0 Å². The molecule has 2 N–H and O–H groups in total. The van der Waals surface area contributed by atoms with E-state index in [2.05, 4.69) is 5.32 Å². The van der Waals surface area contributed by atoms with Gasteiger partial charge in [0.2, 0.25) is 5.91 Å². The highest BCUT2D eigenvalue weighted by molar-refractivity contribution is 8.00. The zero-order chi connectivity index (χ0) is 20.4. The average molecular weight is 443 g/mol. The van der Waals surface area contributed by atoms with Crippen LogP contribution in [0.1, 0.15) is 17.1 Å². The van der Waals surface area contributed by atoms with Crippen molar-refractivity contribution in [1.29, 1.82) is 0 Å². The number of thiophene rings is 1. The van der Waals surface area contributed by atoms with Crippen LogP contribution in [-0.4, -0.2) is 63.8 Å². The predicted octanol–water partition coefficient (Wildman–Crippen LogP) is 1.45. The molecule has 0 bridgehead atoms. The number of carbonyl (C=O) groups is 4. The standard InChI is InChI=1S/C17H18N2O6S3/c1-8(20)25-6-9-7-28-16-11(15(22)19(16)12(9)17(23)24)18-14(21)13(26-2)10-4-3-5-27-10/h3-5,11,13,16H,6-7H2,1-2H3,(H,18,21)(H,23,24)/t11?,13?,16-/m0/s1. The van der Waals surface area contributed by atoms with Gasteiger partial charge in [-0.2, -0.15) is 0 Å². The molecule has 0 radical (unpaired) electrons. The molecular weight excluding hydrogens is 424 g/mol. The number of carbonyl (C=O) groups excluding carboxylic acids is 3. The van der Waals surface area contributed by atoms with Gasteiger partial charge in [0.05, 0.1) is 0 Å².